The van der Waals surface area contributed by atoms with Crippen LogP contribution in [0.1, 0.15) is 19.4 Å². The Hall–Kier alpha value is -1.86. The third kappa shape index (κ3) is 3.79. The van der Waals surface area contributed by atoms with Crippen LogP contribution in [0.4, 0.5) is 5.69 Å². The first-order valence-corrected chi connectivity index (χ1v) is 8.72. The van der Waals surface area contributed by atoms with E-state index in [2.05, 4.69) is 0 Å². The lowest BCUT2D eigenvalue weighted by atomic mass is 10.0. The van der Waals surface area contributed by atoms with Crippen molar-refractivity contribution in [3.8, 4) is 0 Å². The number of carboxylic acids is 1. The molecule has 1 fully saturated rings. The molecule has 1 aliphatic heterocycles. The summed E-state index contributed by atoms with van der Waals surface area (Å²) in [6, 6.07) is 6.80. The highest BCUT2D eigenvalue weighted by atomic mass is 32.2. The number of nitrogens with zero attached hydrogens (tertiary/aromatic N) is 2. The number of aliphatic carboxylic acids is 1. The number of carbonyl (C=O) groups is 2. The van der Waals surface area contributed by atoms with Crippen molar-refractivity contribution in [2.75, 3.05) is 19.0 Å². The highest BCUT2D eigenvalue weighted by Crippen LogP contribution is 2.35. The number of hydrogen-bond donors (Lipinski definition) is 1. The first kappa shape index (κ1) is 18.5. The zero-order valence-electron chi connectivity index (χ0n) is 14.0. The van der Waals surface area contributed by atoms with Gasteiger partial charge in [0.1, 0.15) is 10.4 Å². The molecule has 0 unspecified atom stereocenters. The molecule has 1 heterocycles. The molecule has 0 bridgehead atoms. The van der Waals surface area contributed by atoms with Gasteiger partial charge in [-0.3, -0.25) is 9.69 Å². The van der Waals surface area contributed by atoms with Crippen molar-refractivity contribution in [3.63, 3.8) is 0 Å². The van der Waals surface area contributed by atoms with Crippen LogP contribution in [0.15, 0.2) is 29.2 Å². The second kappa shape index (κ2) is 7.36. The van der Waals surface area contributed by atoms with Crippen molar-refractivity contribution in [1.82, 2.24) is 4.90 Å². The van der Waals surface area contributed by atoms with E-state index >= 15 is 0 Å². The lowest BCUT2D eigenvalue weighted by Gasteiger charge is -2.26. The van der Waals surface area contributed by atoms with E-state index in [0.29, 0.717) is 4.91 Å². The summed E-state index contributed by atoms with van der Waals surface area (Å²) in [4.78, 5) is 27.8. The van der Waals surface area contributed by atoms with Gasteiger partial charge < -0.3 is 10.0 Å². The van der Waals surface area contributed by atoms with E-state index in [1.54, 1.807) is 19.9 Å². The molecule has 1 aromatic rings. The van der Waals surface area contributed by atoms with Gasteiger partial charge in [-0.25, -0.2) is 4.79 Å². The molecule has 1 amide bonds. The van der Waals surface area contributed by atoms with E-state index < -0.39 is 12.0 Å². The molecule has 1 aliphatic rings. The maximum atomic E-state index is 12.6. The standard InChI is InChI=1S/C17H20N2O3S2/c1-10(2)14(16(21)22)19-15(20)13(24-17(19)23)9-11-5-7-12(8-6-11)18(3)4/h5-10,14H,1-4H3,(H,21,22)/b13-9+/t14-/m0/s1. The molecule has 0 aliphatic carbocycles. The van der Waals surface area contributed by atoms with E-state index in [0.717, 1.165) is 23.0 Å². The summed E-state index contributed by atoms with van der Waals surface area (Å²) >= 11 is 6.38. The van der Waals surface area contributed by atoms with Crippen LogP contribution in [-0.2, 0) is 9.59 Å². The second-order valence-electron chi connectivity index (χ2n) is 6.06. The van der Waals surface area contributed by atoms with E-state index in [1.165, 1.54) is 4.90 Å². The molecule has 1 aromatic carbocycles. The van der Waals surface area contributed by atoms with Crippen LogP contribution >= 0.6 is 24.0 Å². The molecule has 0 radical (unpaired) electrons. The molecule has 24 heavy (non-hydrogen) atoms. The number of anilines is 1. The molecular formula is C17H20N2O3S2. The molecule has 128 valence electrons. The predicted octanol–water partition coefficient (Wildman–Crippen LogP) is 3.06. The number of carbonyl (C=O) groups excluding carboxylic acids is 1. The average Bonchev–Trinajstić information content (AvgIpc) is 2.75. The fourth-order valence-electron chi connectivity index (χ4n) is 2.43. The lowest BCUT2D eigenvalue weighted by Crippen LogP contribution is -2.47. The SMILES string of the molecule is CC(C)[C@@H](C(=O)O)N1C(=O)/C(=C\c2ccc(N(C)C)cc2)SC1=S. The lowest BCUT2D eigenvalue weighted by molar-refractivity contribution is -0.146. The molecule has 0 saturated carbocycles. The monoisotopic (exact) mass is 364 g/mol. The van der Waals surface area contributed by atoms with Crippen molar-refractivity contribution in [2.45, 2.75) is 19.9 Å². The van der Waals surface area contributed by atoms with Gasteiger partial charge in [-0.2, -0.15) is 0 Å². The van der Waals surface area contributed by atoms with E-state index in [-0.39, 0.29) is 16.1 Å². The zero-order valence-corrected chi connectivity index (χ0v) is 15.6. The maximum Gasteiger partial charge on any atom is 0.327 e. The number of rotatable bonds is 5. The quantitative estimate of drug-likeness (QED) is 0.640. The van der Waals surface area contributed by atoms with Gasteiger partial charge in [0.15, 0.2) is 0 Å². The molecular weight excluding hydrogens is 344 g/mol. The number of benzene rings is 1. The van der Waals surface area contributed by atoms with Crippen LogP contribution in [0.3, 0.4) is 0 Å². The number of thioether (sulfide) groups is 1. The van der Waals surface area contributed by atoms with Crippen molar-refractivity contribution >= 4 is 51.9 Å². The Morgan fingerprint density at radius 2 is 1.88 bits per heavy atom. The van der Waals surface area contributed by atoms with Crippen molar-refractivity contribution in [2.24, 2.45) is 5.92 Å². The minimum Gasteiger partial charge on any atom is -0.480 e. The van der Waals surface area contributed by atoms with Gasteiger partial charge in [-0.05, 0) is 29.7 Å². The van der Waals surface area contributed by atoms with Gasteiger partial charge in [0.25, 0.3) is 5.91 Å². The topological polar surface area (TPSA) is 60.9 Å². The minimum atomic E-state index is -1.04. The van der Waals surface area contributed by atoms with Crippen LogP contribution in [0.5, 0.6) is 0 Å². The Balaban J connectivity index is 2.29. The van der Waals surface area contributed by atoms with E-state index in [4.69, 9.17) is 12.2 Å². The summed E-state index contributed by atoms with van der Waals surface area (Å²) < 4.78 is 0.289. The Morgan fingerprint density at radius 3 is 2.33 bits per heavy atom. The highest BCUT2D eigenvalue weighted by molar-refractivity contribution is 8.26. The van der Waals surface area contributed by atoms with Gasteiger partial charge in [-0.15, -0.1) is 0 Å². The Labute approximate surface area is 151 Å². The summed E-state index contributed by atoms with van der Waals surface area (Å²) in [5.74, 6) is -1.62. The summed E-state index contributed by atoms with van der Waals surface area (Å²) in [5.41, 5.74) is 1.93. The number of carboxylic acid groups (broad SMARTS) is 1. The van der Waals surface area contributed by atoms with Crippen LogP contribution in [0.2, 0.25) is 0 Å². The summed E-state index contributed by atoms with van der Waals surface area (Å²) in [5, 5.41) is 9.41. The largest absolute Gasteiger partial charge is 0.480 e. The third-order valence-corrected chi connectivity index (χ3v) is 5.02. The third-order valence-electron chi connectivity index (χ3n) is 3.69. The van der Waals surface area contributed by atoms with Gasteiger partial charge in [0.05, 0.1) is 4.91 Å². The molecule has 1 saturated heterocycles. The van der Waals surface area contributed by atoms with Gasteiger partial charge in [0, 0.05) is 19.8 Å². The number of amides is 1. The smallest absolute Gasteiger partial charge is 0.327 e. The molecule has 7 heteroatoms. The number of hydrogen-bond acceptors (Lipinski definition) is 5. The minimum absolute atomic E-state index is 0.233. The molecule has 0 aromatic heterocycles. The summed E-state index contributed by atoms with van der Waals surface area (Å²) in [6.45, 7) is 3.53. The van der Waals surface area contributed by atoms with Gasteiger partial charge in [-0.1, -0.05) is 50.0 Å². The van der Waals surface area contributed by atoms with Crippen molar-refractivity contribution in [3.05, 3.63) is 34.7 Å². The molecule has 2 rings (SSSR count). The Kier molecular flexibility index (Phi) is 5.66. The Morgan fingerprint density at radius 1 is 1.29 bits per heavy atom. The fraction of sp³-hybridized carbons (Fsp3) is 0.353. The van der Waals surface area contributed by atoms with Crippen LogP contribution in [-0.4, -0.2) is 46.3 Å². The predicted molar refractivity (Wildman–Crippen MR) is 102 cm³/mol. The summed E-state index contributed by atoms with van der Waals surface area (Å²) in [6.07, 6.45) is 1.75. The van der Waals surface area contributed by atoms with Gasteiger partial charge >= 0.3 is 5.97 Å². The maximum absolute atomic E-state index is 12.6. The Bertz CT molecular complexity index is 696. The summed E-state index contributed by atoms with van der Waals surface area (Å²) in [7, 11) is 3.91. The first-order chi connectivity index (χ1) is 11.2. The van der Waals surface area contributed by atoms with Crippen LogP contribution in [0, 0.1) is 5.92 Å². The van der Waals surface area contributed by atoms with Gasteiger partial charge in [0.2, 0.25) is 0 Å². The normalized spacial score (nSPS) is 17.7. The average molecular weight is 364 g/mol. The molecule has 1 N–H and O–H groups in total. The van der Waals surface area contributed by atoms with E-state index in [1.807, 2.05) is 43.3 Å². The van der Waals surface area contributed by atoms with Crippen molar-refractivity contribution < 1.29 is 14.7 Å². The molecule has 1 atom stereocenters. The van der Waals surface area contributed by atoms with Crippen molar-refractivity contribution in [1.29, 1.82) is 0 Å². The fourth-order valence-corrected chi connectivity index (χ4v) is 3.76. The molecule has 5 nitrogen and oxygen atoms in total. The zero-order chi connectivity index (χ0) is 18.0. The highest BCUT2D eigenvalue weighted by Gasteiger charge is 2.41. The molecule has 0 spiro atoms. The van der Waals surface area contributed by atoms with Crippen LogP contribution in [0.25, 0.3) is 6.08 Å². The number of thiocarbonyl (C=S) groups is 1. The van der Waals surface area contributed by atoms with Crippen LogP contribution < -0.4 is 4.90 Å². The van der Waals surface area contributed by atoms with E-state index in [9.17, 15) is 14.7 Å². The first-order valence-electron chi connectivity index (χ1n) is 7.49. The second-order valence-corrected chi connectivity index (χ2v) is 7.74.